The van der Waals surface area contributed by atoms with Gasteiger partial charge in [0.05, 0.1) is 23.9 Å². The molecule has 0 fully saturated rings. The molecule has 0 aromatic carbocycles. The minimum atomic E-state index is -0.0806. The number of halogens is 1. The number of hydrogen-bond donors (Lipinski definition) is 1. The number of carbonyl (C=O) groups is 1. The van der Waals surface area contributed by atoms with Gasteiger partial charge in [0.15, 0.2) is 0 Å². The van der Waals surface area contributed by atoms with Gasteiger partial charge in [-0.3, -0.25) is 9.48 Å². The van der Waals surface area contributed by atoms with Crippen LogP contribution in [0.25, 0.3) is 0 Å². The Morgan fingerprint density at radius 1 is 1.67 bits per heavy atom. The molecule has 0 aliphatic carbocycles. The molecule has 6 heteroatoms. The van der Waals surface area contributed by atoms with Crippen LogP contribution in [0.4, 0.5) is 0 Å². The zero-order chi connectivity index (χ0) is 13.5. The van der Waals surface area contributed by atoms with E-state index in [-0.39, 0.29) is 11.9 Å². The van der Waals surface area contributed by atoms with Gasteiger partial charge in [-0.2, -0.15) is 5.10 Å². The summed E-state index contributed by atoms with van der Waals surface area (Å²) in [6, 6.07) is 0.0202. The summed E-state index contributed by atoms with van der Waals surface area (Å²) in [5, 5.41) is 8.07. The van der Waals surface area contributed by atoms with Gasteiger partial charge in [-0.1, -0.05) is 22.9 Å². The van der Waals surface area contributed by atoms with Crippen molar-refractivity contribution in [2.24, 2.45) is 7.05 Å². The van der Waals surface area contributed by atoms with Gasteiger partial charge >= 0.3 is 0 Å². The molecule has 1 heterocycles. The molecule has 1 aromatic rings. The number of amides is 1. The van der Waals surface area contributed by atoms with E-state index in [0.717, 1.165) is 23.9 Å². The summed E-state index contributed by atoms with van der Waals surface area (Å²) < 4.78 is 6.77. The van der Waals surface area contributed by atoms with Crippen molar-refractivity contribution in [3.8, 4) is 0 Å². The third kappa shape index (κ3) is 4.10. The third-order valence-electron chi connectivity index (χ3n) is 2.65. The summed E-state index contributed by atoms with van der Waals surface area (Å²) in [7, 11) is 3.45. The fourth-order valence-corrected chi connectivity index (χ4v) is 2.33. The molecule has 1 atom stereocenters. The van der Waals surface area contributed by atoms with E-state index < -0.39 is 0 Å². The number of hydrogen-bond acceptors (Lipinski definition) is 3. The van der Waals surface area contributed by atoms with E-state index in [4.69, 9.17) is 4.74 Å². The quantitative estimate of drug-likeness (QED) is 0.776. The van der Waals surface area contributed by atoms with Gasteiger partial charge in [0.1, 0.15) is 0 Å². The molecule has 1 N–H and O–H groups in total. The summed E-state index contributed by atoms with van der Waals surface area (Å²) >= 11 is 3.38. The van der Waals surface area contributed by atoms with Crippen molar-refractivity contribution in [2.45, 2.75) is 25.8 Å². The van der Waals surface area contributed by atoms with E-state index in [9.17, 15) is 4.79 Å². The standard InChI is InChI=1S/C12H20BrN3O2/c1-4-11-10(7-16(2)15-11)12(17)14-9(5-6-13)8-18-3/h7,9H,4-6,8H2,1-3H3,(H,14,17). The molecule has 0 aliphatic heterocycles. The molecule has 1 unspecified atom stereocenters. The van der Waals surface area contributed by atoms with Crippen molar-refractivity contribution in [2.75, 3.05) is 19.0 Å². The monoisotopic (exact) mass is 317 g/mol. The SMILES string of the molecule is CCc1nn(C)cc1C(=O)NC(CCBr)COC. The molecule has 0 saturated heterocycles. The lowest BCUT2D eigenvalue weighted by Crippen LogP contribution is -2.38. The van der Waals surface area contributed by atoms with Crippen LogP contribution in [0, 0.1) is 0 Å². The highest BCUT2D eigenvalue weighted by molar-refractivity contribution is 9.09. The van der Waals surface area contributed by atoms with E-state index >= 15 is 0 Å². The summed E-state index contributed by atoms with van der Waals surface area (Å²) in [4.78, 5) is 12.2. The third-order valence-corrected chi connectivity index (χ3v) is 3.10. The molecule has 1 rings (SSSR count). The van der Waals surface area contributed by atoms with Crippen LogP contribution in [0.3, 0.4) is 0 Å². The number of rotatable bonds is 7. The van der Waals surface area contributed by atoms with Crippen molar-refractivity contribution in [3.05, 3.63) is 17.5 Å². The molecular weight excluding hydrogens is 298 g/mol. The fraction of sp³-hybridized carbons (Fsp3) is 0.667. The Kier molecular flexibility index (Phi) is 6.35. The van der Waals surface area contributed by atoms with Gasteiger partial charge in [-0.05, 0) is 12.8 Å². The first-order valence-corrected chi connectivity index (χ1v) is 7.12. The second-order valence-electron chi connectivity index (χ2n) is 4.12. The van der Waals surface area contributed by atoms with Crippen LogP contribution >= 0.6 is 15.9 Å². The van der Waals surface area contributed by atoms with Crippen LogP contribution in [0.5, 0.6) is 0 Å². The molecule has 0 radical (unpaired) electrons. The maximum absolute atomic E-state index is 12.2. The summed E-state index contributed by atoms with van der Waals surface area (Å²) in [6.45, 7) is 2.50. The Balaban J connectivity index is 2.73. The minimum absolute atomic E-state index is 0.0202. The summed E-state index contributed by atoms with van der Waals surface area (Å²) in [5.41, 5.74) is 1.47. The van der Waals surface area contributed by atoms with Crippen LogP contribution in [-0.4, -0.2) is 40.8 Å². The van der Waals surface area contributed by atoms with Gasteiger partial charge in [0, 0.05) is 25.7 Å². The summed E-state index contributed by atoms with van der Waals surface area (Å²) in [6.07, 6.45) is 3.34. The van der Waals surface area contributed by atoms with Crippen molar-refractivity contribution in [3.63, 3.8) is 0 Å². The molecular formula is C12H20BrN3O2. The normalized spacial score (nSPS) is 12.4. The fourth-order valence-electron chi connectivity index (χ4n) is 1.78. The molecule has 102 valence electrons. The van der Waals surface area contributed by atoms with E-state index in [0.29, 0.717) is 12.2 Å². The average molecular weight is 318 g/mol. The first kappa shape index (κ1) is 15.2. The maximum atomic E-state index is 12.2. The number of nitrogens with zero attached hydrogens (tertiary/aromatic N) is 2. The van der Waals surface area contributed by atoms with Gasteiger partial charge < -0.3 is 10.1 Å². The predicted octanol–water partition coefficient (Wildman–Crippen LogP) is 1.51. The number of alkyl halides is 1. The molecule has 1 aromatic heterocycles. The Morgan fingerprint density at radius 2 is 2.39 bits per heavy atom. The van der Waals surface area contributed by atoms with E-state index in [2.05, 4.69) is 26.3 Å². The molecule has 0 bridgehead atoms. The highest BCUT2D eigenvalue weighted by atomic mass is 79.9. The second-order valence-corrected chi connectivity index (χ2v) is 4.91. The average Bonchev–Trinajstić information content (AvgIpc) is 2.71. The summed E-state index contributed by atoms with van der Waals surface area (Å²) in [5.74, 6) is -0.0806. The van der Waals surface area contributed by atoms with Gasteiger partial charge in [-0.25, -0.2) is 0 Å². The van der Waals surface area contributed by atoms with Crippen LogP contribution in [0.1, 0.15) is 29.4 Å². The van der Waals surface area contributed by atoms with E-state index in [1.54, 1.807) is 18.0 Å². The van der Waals surface area contributed by atoms with Crippen LogP contribution in [0.15, 0.2) is 6.20 Å². The highest BCUT2D eigenvalue weighted by Gasteiger charge is 2.17. The van der Waals surface area contributed by atoms with Crippen molar-refractivity contribution in [1.82, 2.24) is 15.1 Å². The zero-order valence-electron chi connectivity index (χ0n) is 11.1. The molecule has 0 aliphatic rings. The Morgan fingerprint density at radius 3 is 2.94 bits per heavy atom. The van der Waals surface area contributed by atoms with Crippen LogP contribution < -0.4 is 5.32 Å². The number of methoxy groups -OCH3 is 1. The molecule has 5 nitrogen and oxygen atoms in total. The van der Waals surface area contributed by atoms with E-state index in [1.807, 2.05) is 14.0 Å². The zero-order valence-corrected chi connectivity index (χ0v) is 12.7. The smallest absolute Gasteiger partial charge is 0.255 e. The van der Waals surface area contributed by atoms with Crippen molar-refractivity contribution >= 4 is 21.8 Å². The molecule has 0 spiro atoms. The Bertz CT molecular complexity index is 387. The van der Waals surface area contributed by atoms with Crippen molar-refractivity contribution in [1.29, 1.82) is 0 Å². The largest absolute Gasteiger partial charge is 0.383 e. The molecule has 18 heavy (non-hydrogen) atoms. The second kappa shape index (κ2) is 7.53. The molecule has 1 amide bonds. The van der Waals surface area contributed by atoms with Crippen molar-refractivity contribution < 1.29 is 9.53 Å². The number of ether oxygens (including phenoxy) is 1. The number of aryl methyl sites for hydroxylation is 2. The lowest BCUT2D eigenvalue weighted by Gasteiger charge is -2.16. The topological polar surface area (TPSA) is 56.2 Å². The Hall–Kier alpha value is -0.880. The maximum Gasteiger partial charge on any atom is 0.255 e. The minimum Gasteiger partial charge on any atom is -0.383 e. The highest BCUT2D eigenvalue weighted by Crippen LogP contribution is 2.08. The van der Waals surface area contributed by atoms with Crippen LogP contribution in [-0.2, 0) is 18.2 Å². The van der Waals surface area contributed by atoms with Crippen LogP contribution in [0.2, 0.25) is 0 Å². The Labute approximate surface area is 116 Å². The first-order valence-electron chi connectivity index (χ1n) is 6.00. The van der Waals surface area contributed by atoms with Gasteiger partial charge in [-0.15, -0.1) is 0 Å². The number of carbonyl (C=O) groups excluding carboxylic acids is 1. The predicted molar refractivity (Wildman–Crippen MR) is 74.1 cm³/mol. The number of aromatic nitrogens is 2. The van der Waals surface area contributed by atoms with Gasteiger partial charge in [0.25, 0.3) is 5.91 Å². The molecule has 0 saturated carbocycles. The number of nitrogens with one attached hydrogen (secondary N) is 1. The van der Waals surface area contributed by atoms with Gasteiger partial charge in [0.2, 0.25) is 0 Å². The lowest BCUT2D eigenvalue weighted by atomic mass is 10.1. The van der Waals surface area contributed by atoms with E-state index in [1.165, 1.54) is 0 Å². The lowest BCUT2D eigenvalue weighted by molar-refractivity contribution is 0.0894. The first-order chi connectivity index (χ1) is 8.62.